The lowest BCUT2D eigenvalue weighted by Gasteiger charge is -2.24. The van der Waals surface area contributed by atoms with Crippen LogP contribution < -0.4 is 5.43 Å². The maximum absolute atomic E-state index is 12.1. The summed E-state index contributed by atoms with van der Waals surface area (Å²) < 4.78 is 0. The number of hydrogen-bond acceptors (Lipinski definition) is 2. The van der Waals surface area contributed by atoms with Gasteiger partial charge in [-0.25, -0.2) is 5.43 Å². The smallest absolute Gasteiger partial charge is 0.267 e. The van der Waals surface area contributed by atoms with E-state index in [0.717, 1.165) is 25.0 Å². The van der Waals surface area contributed by atoms with Crippen molar-refractivity contribution in [3.63, 3.8) is 0 Å². The van der Waals surface area contributed by atoms with Gasteiger partial charge in [0.1, 0.15) is 0 Å². The Morgan fingerprint density at radius 2 is 1.64 bits per heavy atom. The molecule has 1 atom stereocenters. The van der Waals surface area contributed by atoms with E-state index >= 15 is 0 Å². The Morgan fingerprint density at radius 1 is 0.955 bits per heavy atom. The number of nitrogens with one attached hydrogen (secondary N) is 1. The van der Waals surface area contributed by atoms with Crippen LogP contribution in [0.5, 0.6) is 0 Å². The van der Waals surface area contributed by atoms with Crippen molar-refractivity contribution in [1.82, 2.24) is 5.43 Å². The second-order valence-corrected chi connectivity index (χ2v) is 5.62. The Labute approximate surface area is 131 Å². The van der Waals surface area contributed by atoms with Crippen LogP contribution in [0.25, 0.3) is 0 Å². The summed E-state index contributed by atoms with van der Waals surface area (Å²) in [4.78, 5) is 12.1. The average Bonchev–Trinajstić information content (AvgIpc) is 2.61. The molecule has 0 aromatic heterocycles. The highest BCUT2D eigenvalue weighted by atomic mass is 16.2. The number of hydrazone groups is 1. The van der Waals surface area contributed by atoms with E-state index in [2.05, 4.69) is 34.8 Å². The van der Waals surface area contributed by atoms with Crippen molar-refractivity contribution in [2.45, 2.75) is 31.6 Å². The topological polar surface area (TPSA) is 41.5 Å². The van der Waals surface area contributed by atoms with E-state index in [4.69, 9.17) is 0 Å². The Balaban J connectivity index is 1.75. The van der Waals surface area contributed by atoms with E-state index < -0.39 is 0 Å². The molecule has 1 amide bonds. The van der Waals surface area contributed by atoms with Crippen molar-refractivity contribution in [2.75, 3.05) is 0 Å². The molecule has 0 aliphatic heterocycles. The van der Waals surface area contributed by atoms with E-state index in [1.165, 1.54) is 12.0 Å². The summed E-state index contributed by atoms with van der Waals surface area (Å²) in [5, 5.41) is 4.43. The molecule has 0 radical (unpaired) electrons. The van der Waals surface area contributed by atoms with Gasteiger partial charge in [-0.2, -0.15) is 5.10 Å². The SMILES string of the molecule is O=C(N/N=C1\CCCC[C@@H]1c1ccccc1)c1ccccc1. The Bertz CT molecular complexity index is 650. The average molecular weight is 292 g/mol. The van der Waals surface area contributed by atoms with Crippen LogP contribution in [0, 0.1) is 0 Å². The van der Waals surface area contributed by atoms with Gasteiger partial charge in [0, 0.05) is 17.2 Å². The van der Waals surface area contributed by atoms with Gasteiger partial charge in [-0.1, -0.05) is 55.0 Å². The molecular formula is C19H20N2O. The van der Waals surface area contributed by atoms with Crippen LogP contribution in [0.15, 0.2) is 65.8 Å². The molecule has 0 heterocycles. The Kier molecular flexibility index (Phi) is 4.64. The number of carbonyl (C=O) groups excluding carboxylic acids is 1. The molecule has 3 rings (SSSR count). The molecule has 2 aromatic rings. The van der Waals surface area contributed by atoms with Crippen LogP contribution in [0.4, 0.5) is 0 Å². The van der Waals surface area contributed by atoms with E-state index in [-0.39, 0.29) is 5.91 Å². The molecule has 3 heteroatoms. The van der Waals surface area contributed by atoms with Crippen molar-refractivity contribution in [3.05, 3.63) is 71.8 Å². The summed E-state index contributed by atoms with van der Waals surface area (Å²) in [6.45, 7) is 0. The minimum atomic E-state index is -0.148. The predicted octanol–water partition coefficient (Wildman–Crippen LogP) is 4.13. The number of rotatable bonds is 3. The molecule has 0 spiro atoms. The van der Waals surface area contributed by atoms with Crippen LogP contribution in [-0.4, -0.2) is 11.6 Å². The zero-order chi connectivity index (χ0) is 15.2. The minimum Gasteiger partial charge on any atom is -0.267 e. The molecule has 1 N–H and O–H groups in total. The molecule has 1 saturated carbocycles. The summed E-state index contributed by atoms with van der Waals surface area (Å²) >= 11 is 0. The normalized spacial score (nSPS) is 19.8. The number of amides is 1. The number of nitrogens with zero attached hydrogens (tertiary/aromatic N) is 1. The zero-order valence-corrected chi connectivity index (χ0v) is 12.5. The molecular weight excluding hydrogens is 272 g/mol. The summed E-state index contributed by atoms with van der Waals surface area (Å²) in [7, 11) is 0. The zero-order valence-electron chi connectivity index (χ0n) is 12.5. The second-order valence-electron chi connectivity index (χ2n) is 5.62. The quantitative estimate of drug-likeness (QED) is 0.849. The van der Waals surface area contributed by atoms with Crippen LogP contribution in [0.2, 0.25) is 0 Å². The first-order valence-corrected chi connectivity index (χ1v) is 7.81. The highest BCUT2D eigenvalue weighted by Gasteiger charge is 2.22. The van der Waals surface area contributed by atoms with E-state index in [1.807, 2.05) is 24.3 Å². The fraction of sp³-hybridized carbons (Fsp3) is 0.263. The Hall–Kier alpha value is -2.42. The molecule has 0 saturated heterocycles. The third kappa shape index (κ3) is 3.42. The largest absolute Gasteiger partial charge is 0.271 e. The third-order valence-corrected chi connectivity index (χ3v) is 4.12. The van der Waals surface area contributed by atoms with Gasteiger partial charge in [-0.15, -0.1) is 0 Å². The monoisotopic (exact) mass is 292 g/mol. The van der Waals surface area contributed by atoms with Crippen LogP contribution in [0.1, 0.15) is 47.5 Å². The molecule has 0 unspecified atom stereocenters. The minimum absolute atomic E-state index is 0.148. The number of benzene rings is 2. The first kappa shape index (κ1) is 14.5. The van der Waals surface area contributed by atoms with Gasteiger partial charge >= 0.3 is 0 Å². The van der Waals surface area contributed by atoms with E-state index in [9.17, 15) is 4.79 Å². The number of hydrogen-bond donors (Lipinski definition) is 1. The maximum atomic E-state index is 12.1. The van der Waals surface area contributed by atoms with Crippen molar-refractivity contribution in [2.24, 2.45) is 5.10 Å². The standard InChI is InChI=1S/C19H20N2O/c22-19(16-11-5-2-6-12-16)21-20-18-14-8-7-13-17(18)15-9-3-1-4-10-15/h1-6,9-12,17H,7-8,13-14H2,(H,21,22)/b20-18+/t17-/m1/s1. The molecule has 3 nitrogen and oxygen atoms in total. The van der Waals surface area contributed by atoms with E-state index in [0.29, 0.717) is 11.5 Å². The van der Waals surface area contributed by atoms with E-state index in [1.54, 1.807) is 12.1 Å². The fourth-order valence-corrected chi connectivity index (χ4v) is 2.95. The Morgan fingerprint density at radius 3 is 2.36 bits per heavy atom. The van der Waals surface area contributed by atoms with Crippen LogP contribution in [0.3, 0.4) is 0 Å². The molecule has 112 valence electrons. The first-order chi connectivity index (χ1) is 10.8. The van der Waals surface area contributed by atoms with Gasteiger partial charge in [0.25, 0.3) is 5.91 Å². The van der Waals surface area contributed by atoms with Crippen molar-refractivity contribution < 1.29 is 4.79 Å². The molecule has 1 fully saturated rings. The molecule has 2 aromatic carbocycles. The first-order valence-electron chi connectivity index (χ1n) is 7.81. The van der Waals surface area contributed by atoms with Gasteiger partial charge < -0.3 is 0 Å². The molecule has 1 aliphatic carbocycles. The van der Waals surface area contributed by atoms with Gasteiger partial charge in [-0.3, -0.25) is 4.79 Å². The summed E-state index contributed by atoms with van der Waals surface area (Å²) in [5.41, 5.74) is 5.73. The third-order valence-electron chi connectivity index (χ3n) is 4.12. The van der Waals surface area contributed by atoms with Crippen LogP contribution in [-0.2, 0) is 0 Å². The molecule has 22 heavy (non-hydrogen) atoms. The van der Waals surface area contributed by atoms with Crippen molar-refractivity contribution >= 4 is 11.6 Å². The van der Waals surface area contributed by atoms with Gasteiger partial charge in [0.2, 0.25) is 0 Å². The molecule has 0 bridgehead atoms. The summed E-state index contributed by atoms with van der Waals surface area (Å²) in [6.07, 6.45) is 4.41. The lowest BCUT2D eigenvalue weighted by Crippen LogP contribution is -2.24. The van der Waals surface area contributed by atoms with Gasteiger partial charge in [-0.05, 0) is 37.0 Å². The number of carbonyl (C=O) groups is 1. The predicted molar refractivity (Wildman–Crippen MR) is 89.0 cm³/mol. The highest BCUT2D eigenvalue weighted by Crippen LogP contribution is 2.30. The maximum Gasteiger partial charge on any atom is 0.271 e. The lowest BCUT2D eigenvalue weighted by atomic mass is 9.82. The highest BCUT2D eigenvalue weighted by molar-refractivity contribution is 5.97. The molecule has 1 aliphatic rings. The summed E-state index contributed by atoms with van der Waals surface area (Å²) in [6, 6.07) is 19.6. The van der Waals surface area contributed by atoms with Gasteiger partial charge in [0.05, 0.1) is 0 Å². The summed E-state index contributed by atoms with van der Waals surface area (Å²) in [5.74, 6) is 0.177. The second kappa shape index (κ2) is 7.03. The van der Waals surface area contributed by atoms with Crippen LogP contribution >= 0.6 is 0 Å². The van der Waals surface area contributed by atoms with Gasteiger partial charge in [0.15, 0.2) is 0 Å². The van der Waals surface area contributed by atoms with Crippen molar-refractivity contribution in [3.8, 4) is 0 Å². The van der Waals surface area contributed by atoms with Crippen molar-refractivity contribution in [1.29, 1.82) is 0 Å². The lowest BCUT2D eigenvalue weighted by molar-refractivity contribution is 0.0954. The fourth-order valence-electron chi connectivity index (χ4n) is 2.95.